The standard InChI is InChI=1S/C15H29N3O/c1-15(13-16,17-14-7-8-14)9-4-5-10-18(2)11-6-12-19-3/h14,17H,4-12H2,1-3H3. The molecule has 0 aliphatic heterocycles. The van der Waals surface area contributed by atoms with Gasteiger partial charge < -0.3 is 9.64 Å². The van der Waals surface area contributed by atoms with Gasteiger partial charge in [0.1, 0.15) is 5.54 Å². The maximum atomic E-state index is 9.28. The molecule has 4 nitrogen and oxygen atoms in total. The molecule has 0 aromatic heterocycles. The Morgan fingerprint density at radius 1 is 1.32 bits per heavy atom. The summed E-state index contributed by atoms with van der Waals surface area (Å²) in [7, 11) is 3.90. The summed E-state index contributed by atoms with van der Waals surface area (Å²) in [6.45, 7) is 5.06. The van der Waals surface area contributed by atoms with Gasteiger partial charge in [-0.3, -0.25) is 5.32 Å². The van der Waals surface area contributed by atoms with Crippen LogP contribution < -0.4 is 5.32 Å². The Kier molecular flexibility index (Phi) is 7.37. The van der Waals surface area contributed by atoms with Crippen molar-refractivity contribution in [3.05, 3.63) is 0 Å². The minimum atomic E-state index is -0.324. The monoisotopic (exact) mass is 267 g/mol. The van der Waals surface area contributed by atoms with Crippen molar-refractivity contribution in [2.24, 2.45) is 0 Å². The van der Waals surface area contributed by atoms with Gasteiger partial charge in [-0.05, 0) is 59.0 Å². The molecule has 1 N–H and O–H groups in total. The molecule has 0 heterocycles. The molecule has 1 fully saturated rings. The molecule has 110 valence electrons. The molecule has 19 heavy (non-hydrogen) atoms. The first-order valence-corrected chi connectivity index (χ1v) is 7.46. The fourth-order valence-electron chi connectivity index (χ4n) is 2.29. The van der Waals surface area contributed by atoms with Gasteiger partial charge in [0.05, 0.1) is 6.07 Å². The summed E-state index contributed by atoms with van der Waals surface area (Å²) in [5.41, 5.74) is -0.324. The van der Waals surface area contributed by atoms with E-state index in [4.69, 9.17) is 4.74 Å². The molecule has 1 atom stereocenters. The fraction of sp³-hybridized carbons (Fsp3) is 0.933. The zero-order valence-electron chi connectivity index (χ0n) is 12.7. The van der Waals surface area contributed by atoms with Crippen molar-refractivity contribution in [3.8, 4) is 6.07 Å². The lowest BCUT2D eigenvalue weighted by Gasteiger charge is -2.24. The summed E-state index contributed by atoms with van der Waals surface area (Å²) >= 11 is 0. The molecule has 1 aliphatic carbocycles. The molecule has 4 heteroatoms. The van der Waals surface area contributed by atoms with Crippen molar-refractivity contribution >= 4 is 0 Å². The summed E-state index contributed by atoms with van der Waals surface area (Å²) < 4.78 is 5.05. The predicted octanol–water partition coefficient (Wildman–Crippen LogP) is 2.16. The van der Waals surface area contributed by atoms with E-state index in [1.54, 1.807) is 7.11 Å². The highest BCUT2D eigenvalue weighted by atomic mass is 16.5. The molecule has 0 amide bonds. The first kappa shape index (κ1) is 16.4. The smallest absolute Gasteiger partial charge is 0.104 e. The van der Waals surface area contributed by atoms with Crippen LogP contribution in [-0.2, 0) is 4.74 Å². The molecule has 1 rings (SSSR count). The van der Waals surface area contributed by atoms with Crippen molar-refractivity contribution in [2.75, 3.05) is 33.9 Å². The number of ether oxygens (including phenoxy) is 1. The van der Waals surface area contributed by atoms with E-state index in [9.17, 15) is 5.26 Å². The van der Waals surface area contributed by atoms with Crippen LogP contribution in [0.2, 0.25) is 0 Å². The van der Waals surface area contributed by atoms with Crippen molar-refractivity contribution in [1.82, 2.24) is 10.2 Å². The van der Waals surface area contributed by atoms with Crippen LogP contribution in [0.25, 0.3) is 0 Å². The van der Waals surface area contributed by atoms with Gasteiger partial charge in [0, 0.05) is 26.3 Å². The second kappa shape index (κ2) is 8.52. The second-order valence-electron chi connectivity index (χ2n) is 5.97. The Bertz CT molecular complexity index is 286. The minimum Gasteiger partial charge on any atom is -0.385 e. The number of rotatable bonds is 11. The Hall–Kier alpha value is -0.630. The molecule has 0 radical (unpaired) electrons. The highest BCUT2D eigenvalue weighted by molar-refractivity contribution is 5.06. The quantitative estimate of drug-likeness (QED) is 0.583. The zero-order valence-corrected chi connectivity index (χ0v) is 12.7. The van der Waals surface area contributed by atoms with E-state index < -0.39 is 0 Å². The lowest BCUT2D eigenvalue weighted by molar-refractivity contribution is 0.178. The van der Waals surface area contributed by atoms with Gasteiger partial charge in [0.2, 0.25) is 0 Å². The molecular weight excluding hydrogens is 238 g/mol. The molecule has 0 bridgehead atoms. The summed E-state index contributed by atoms with van der Waals surface area (Å²) in [5, 5.41) is 12.7. The number of nitrogens with one attached hydrogen (secondary N) is 1. The normalized spacial score (nSPS) is 18.3. The molecular formula is C15H29N3O. The predicted molar refractivity (Wildman–Crippen MR) is 78.0 cm³/mol. The summed E-state index contributed by atoms with van der Waals surface area (Å²) in [5.74, 6) is 0. The van der Waals surface area contributed by atoms with E-state index in [0.717, 1.165) is 45.4 Å². The van der Waals surface area contributed by atoms with Crippen LogP contribution in [0.3, 0.4) is 0 Å². The van der Waals surface area contributed by atoms with Crippen LogP contribution in [0.1, 0.15) is 45.4 Å². The van der Waals surface area contributed by atoms with Gasteiger partial charge in [0.25, 0.3) is 0 Å². The van der Waals surface area contributed by atoms with Crippen LogP contribution >= 0.6 is 0 Å². The van der Waals surface area contributed by atoms with Crippen LogP contribution in [0.15, 0.2) is 0 Å². The number of hydrogen-bond acceptors (Lipinski definition) is 4. The van der Waals surface area contributed by atoms with Crippen molar-refractivity contribution in [2.45, 2.75) is 57.0 Å². The van der Waals surface area contributed by atoms with Gasteiger partial charge >= 0.3 is 0 Å². The van der Waals surface area contributed by atoms with Crippen molar-refractivity contribution in [3.63, 3.8) is 0 Å². The van der Waals surface area contributed by atoms with Crippen molar-refractivity contribution < 1.29 is 4.74 Å². The van der Waals surface area contributed by atoms with Crippen molar-refractivity contribution in [1.29, 1.82) is 5.26 Å². The van der Waals surface area contributed by atoms with Gasteiger partial charge in [-0.1, -0.05) is 0 Å². The van der Waals surface area contributed by atoms with E-state index in [1.807, 2.05) is 6.92 Å². The van der Waals surface area contributed by atoms with E-state index in [0.29, 0.717) is 6.04 Å². The molecule has 0 aromatic carbocycles. The minimum absolute atomic E-state index is 0.324. The second-order valence-corrected chi connectivity index (χ2v) is 5.97. The number of unbranched alkanes of at least 4 members (excludes halogenated alkanes) is 1. The van der Waals surface area contributed by atoms with Gasteiger partial charge in [-0.25, -0.2) is 0 Å². The zero-order chi connectivity index (χ0) is 14.1. The lowest BCUT2D eigenvalue weighted by atomic mass is 9.96. The average molecular weight is 267 g/mol. The van der Waals surface area contributed by atoms with Crippen LogP contribution in [0.5, 0.6) is 0 Å². The Morgan fingerprint density at radius 2 is 2.00 bits per heavy atom. The first-order valence-electron chi connectivity index (χ1n) is 7.46. The largest absolute Gasteiger partial charge is 0.385 e. The van der Waals surface area contributed by atoms with E-state index >= 15 is 0 Å². The van der Waals surface area contributed by atoms with Crippen LogP contribution in [0.4, 0.5) is 0 Å². The van der Waals surface area contributed by atoms with Gasteiger partial charge in [-0.2, -0.15) is 5.26 Å². The van der Waals surface area contributed by atoms with E-state index in [-0.39, 0.29) is 5.54 Å². The number of methoxy groups -OCH3 is 1. The fourth-order valence-corrected chi connectivity index (χ4v) is 2.29. The molecule has 1 aliphatic rings. The Labute approximate surface area is 118 Å². The third-order valence-electron chi connectivity index (χ3n) is 3.70. The lowest BCUT2D eigenvalue weighted by Crippen LogP contribution is -2.42. The summed E-state index contributed by atoms with van der Waals surface area (Å²) in [4.78, 5) is 2.34. The number of hydrogen-bond donors (Lipinski definition) is 1. The highest BCUT2D eigenvalue weighted by Crippen LogP contribution is 2.24. The topological polar surface area (TPSA) is 48.3 Å². The van der Waals surface area contributed by atoms with E-state index in [2.05, 4.69) is 23.3 Å². The maximum Gasteiger partial charge on any atom is 0.104 e. The molecule has 0 aromatic rings. The Morgan fingerprint density at radius 3 is 2.58 bits per heavy atom. The van der Waals surface area contributed by atoms with Gasteiger partial charge in [-0.15, -0.1) is 0 Å². The number of nitriles is 1. The summed E-state index contributed by atoms with van der Waals surface area (Å²) in [6.07, 6.45) is 6.78. The Balaban J connectivity index is 2.06. The van der Waals surface area contributed by atoms with E-state index in [1.165, 1.54) is 12.8 Å². The molecule has 1 unspecified atom stereocenters. The average Bonchev–Trinajstić information content (AvgIpc) is 3.19. The molecule has 0 spiro atoms. The van der Waals surface area contributed by atoms with Crippen LogP contribution in [0, 0.1) is 11.3 Å². The summed E-state index contributed by atoms with van der Waals surface area (Å²) in [6, 6.07) is 3.04. The molecule has 0 saturated heterocycles. The van der Waals surface area contributed by atoms with Crippen LogP contribution in [-0.4, -0.2) is 50.3 Å². The van der Waals surface area contributed by atoms with Gasteiger partial charge in [0.15, 0.2) is 0 Å². The maximum absolute atomic E-state index is 9.28. The SMILES string of the molecule is COCCCN(C)CCCCC(C)(C#N)NC1CC1. The third-order valence-corrected chi connectivity index (χ3v) is 3.70. The highest BCUT2D eigenvalue weighted by Gasteiger charge is 2.31. The first-order chi connectivity index (χ1) is 9.09. The third kappa shape index (κ3) is 7.51. The molecule has 1 saturated carbocycles. The number of nitrogens with zero attached hydrogens (tertiary/aromatic N) is 2.